The monoisotopic (exact) mass is 540 g/mol. The molecule has 0 aliphatic heterocycles. The first-order chi connectivity index (χ1) is 19.4. The standard InChI is InChI=1S/C31H32N4O5/c1-20(16-28(36)33-24-7-5-6-21(17-24)10-13-29(37)38)32-31(39)22-11-12-27-26(18-22)34-30(23-14-15-40-19-23)35(27)25-8-3-2-4-9-25/h5-7,10-15,17-20,25H,2-4,8-9,16H2,1H3,(H,32,39)(H,33,36)(H,37,38)/b13-10+. The minimum atomic E-state index is -1.05. The third-order valence-corrected chi connectivity index (χ3v) is 7.13. The molecule has 2 aromatic carbocycles. The molecule has 1 unspecified atom stereocenters. The number of anilines is 1. The van der Waals surface area contributed by atoms with Gasteiger partial charge in [-0.15, -0.1) is 0 Å². The van der Waals surface area contributed by atoms with Gasteiger partial charge in [-0.25, -0.2) is 9.78 Å². The summed E-state index contributed by atoms with van der Waals surface area (Å²) in [5.74, 6) is -0.742. The lowest BCUT2D eigenvalue weighted by molar-refractivity contribution is -0.131. The van der Waals surface area contributed by atoms with E-state index < -0.39 is 12.0 Å². The second-order valence-corrected chi connectivity index (χ2v) is 10.2. The number of aliphatic carboxylic acids is 1. The second kappa shape index (κ2) is 12.0. The predicted molar refractivity (Wildman–Crippen MR) is 153 cm³/mol. The van der Waals surface area contributed by atoms with Crippen molar-refractivity contribution in [1.29, 1.82) is 0 Å². The topological polar surface area (TPSA) is 126 Å². The second-order valence-electron chi connectivity index (χ2n) is 10.2. The Morgan fingerprint density at radius 1 is 1.12 bits per heavy atom. The van der Waals surface area contributed by atoms with E-state index >= 15 is 0 Å². The van der Waals surface area contributed by atoms with Crippen LogP contribution in [0, 0.1) is 0 Å². The van der Waals surface area contributed by atoms with Crippen molar-refractivity contribution in [3.05, 3.63) is 78.3 Å². The van der Waals surface area contributed by atoms with Crippen LogP contribution in [0.2, 0.25) is 0 Å². The molecule has 1 saturated carbocycles. The molecule has 4 aromatic rings. The molecule has 1 atom stereocenters. The van der Waals surface area contributed by atoms with Crippen LogP contribution in [0.5, 0.6) is 0 Å². The number of carbonyl (C=O) groups excluding carboxylic acids is 2. The molecule has 9 nitrogen and oxygen atoms in total. The number of nitrogens with one attached hydrogen (secondary N) is 2. The highest BCUT2D eigenvalue weighted by atomic mass is 16.4. The van der Waals surface area contributed by atoms with E-state index in [0.29, 0.717) is 22.9 Å². The molecule has 2 aromatic heterocycles. The van der Waals surface area contributed by atoms with Crippen molar-refractivity contribution in [2.24, 2.45) is 0 Å². The van der Waals surface area contributed by atoms with Gasteiger partial charge in [0.15, 0.2) is 0 Å². The lowest BCUT2D eigenvalue weighted by Gasteiger charge is -2.25. The van der Waals surface area contributed by atoms with Crippen LogP contribution >= 0.6 is 0 Å². The number of fused-ring (bicyclic) bond motifs is 1. The largest absolute Gasteiger partial charge is 0.478 e. The molecule has 0 saturated heterocycles. The number of rotatable bonds is 9. The maximum Gasteiger partial charge on any atom is 0.328 e. The van der Waals surface area contributed by atoms with Gasteiger partial charge in [-0.2, -0.15) is 0 Å². The zero-order valence-corrected chi connectivity index (χ0v) is 22.3. The molecule has 40 heavy (non-hydrogen) atoms. The Morgan fingerprint density at radius 3 is 2.70 bits per heavy atom. The normalized spacial score (nSPS) is 14.8. The third-order valence-electron chi connectivity index (χ3n) is 7.13. The van der Waals surface area contributed by atoms with Gasteiger partial charge < -0.3 is 24.7 Å². The minimum absolute atomic E-state index is 0.0735. The molecule has 1 fully saturated rings. The van der Waals surface area contributed by atoms with Crippen molar-refractivity contribution in [3.8, 4) is 11.4 Å². The fourth-order valence-corrected chi connectivity index (χ4v) is 5.28. The zero-order valence-electron chi connectivity index (χ0n) is 22.3. The van der Waals surface area contributed by atoms with Gasteiger partial charge >= 0.3 is 5.97 Å². The molecule has 1 aliphatic carbocycles. The van der Waals surface area contributed by atoms with Gasteiger partial charge in [-0.05, 0) is 67.8 Å². The van der Waals surface area contributed by atoms with Crippen LogP contribution in [0.15, 0.2) is 71.6 Å². The average Bonchev–Trinajstić information content (AvgIpc) is 3.60. The summed E-state index contributed by atoms with van der Waals surface area (Å²) in [4.78, 5) is 41.3. The van der Waals surface area contributed by atoms with E-state index in [1.165, 1.54) is 25.3 Å². The van der Waals surface area contributed by atoms with Crippen LogP contribution in [-0.2, 0) is 9.59 Å². The van der Waals surface area contributed by atoms with Crippen molar-refractivity contribution in [2.45, 2.75) is 57.5 Å². The molecule has 2 heterocycles. The van der Waals surface area contributed by atoms with Crippen molar-refractivity contribution >= 4 is 40.6 Å². The third kappa shape index (κ3) is 6.31. The van der Waals surface area contributed by atoms with Gasteiger partial charge in [0.25, 0.3) is 5.91 Å². The Labute approximate surface area is 231 Å². The van der Waals surface area contributed by atoms with E-state index in [2.05, 4.69) is 15.2 Å². The average molecular weight is 541 g/mol. The van der Waals surface area contributed by atoms with Crippen LogP contribution in [0.3, 0.4) is 0 Å². The molecule has 0 bridgehead atoms. The summed E-state index contributed by atoms with van der Waals surface area (Å²) in [7, 11) is 0. The van der Waals surface area contributed by atoms with Crippen LogP contribution < -0.4 is 10.6 Å². The van der Waals surface area contributed by atoms with E-state index in [4.69, 9.17) is 14.5 Å². The van der Waals surface area contributed by atoms with E-state index in [0.717, 1.165) is 41.3 Å². The highest BCUT2D eigenvalue weighted by molar-refractivity contribution is 5.99. The van der Waals surface area contributed by atoms with Gasteiger partial charge in [0.2, 0.25) is 5.91 Å². The number of amides is 2. The highest BCUT2D eigenvalue weighted by Crippen LogP contribution is 2.36. The smallest absolute Gasteiger partial charge is 0.328 e. The Balaban J connectivity index is 1.26. The number of carboxylic acid groups (broad SMARTS) is 1. The molecule has 1 aliphatic rings. The summed E-state index contributed by atoms with van der Waals surface area (Å²) in [6, 6.07) is 14.3. The lowest BCUT2D eigenvalue weighted by Crippen LogP contribution is -2.35. The Morgan fingerprint density at radius 2 is 1.95 bits per heavy atom. The molecule has 0 spiro atoms. The number of furan rings is 1. The van der Waals surface area contributed by atoms with E-state index in [-0.39, 0.29) is 18.2 Å². The fourth-order valence-electron chi connectivity index (χ4n) is 5.28. The molecular weight excluding hydrogens is 508 g/mol. The van der Waals surface area contributed by atoms with Gasteiger partial charge in [0, 0.05) is 35.8 Å². The van der Waals surface area contributed by atoms with Crippen molar-refractivity contribution < 1.29 is 23.9 Å². The minimum Gasteiger partial charge on any atom is -0.478 e. The summed E-state index contributed by atoms with van der Waals surface area (Å²) in [5.41, 5.74) is 4.33. The van der Waals surface area contributed by atoms with Crippen molar-refractivity contribution in [2.75, 3.05) is 5.32 Å². The van der Waals surface area contributed by atoms with Gasteiger partial charge in [-0.1, -0.05) is 31.4 Å². The molecule has 206 valence electrons. The SMILES string of the molecule is CC(CC(=O)Nc1cccc(/C=C/C(=O)O)c1)NC(=O)c1ccc2c(c1)nc(-c1ccoc1)n2C1CCCCC1. The highest BCUT2D eigenvalue weighted by Gasteiger charge is 2.24. The van der Waals surface area contributed by atoms with Gasteiger partial charge in [0.1, 0.15) is 12.1 Å². The lowest BCUT2D eigenvalue weighted by atomic mass is 9.95. The Bertz CT molecular complexity index is 1550. The first-order valence-corrected chi connectivity index (χ1v) is 13.5. The molecular formula is C31H32N4O5. The number of hydrogen-bond donors (Lipinski definition) is 3. The predicted octanol–water partition coefficient (Wildman–Crippen LogP) is 6.05. The first-order valence-electron chi connectivity index (χ1n) is 13.5. The maximum absolute atomic E-state index is 13.1. The first kappa shape index (κ1) is 26.9. The maximum atomic E-state index is 13.1. The van der Waals surface area contributed by atoms with Crippen molar-refractivity contribution in [3.63, 3.8) is 0 Å². The molecule has 2 amide bonds. The zero-order chi connectivity index (χ0) is 28.1. The number of benzene rings is 2. The summed E-state index contributed by atoms with van der Waals surface area (Å²) < 4.78 is 7.62. The summed E-state index contributed by atoms with van der Waals surface area (Å²) in [6.07, 6.45) is 11.7. The number of nitrogens with zero attached hydrogens (tertiary/aromatic N) is 2. The van der Waals surface area contributed by atoms with E-state index in [9.17, 15) is 14.4 Å². The van der Waals surface area contributed by atoms with Crippen LogP contribution in [0.1, 0.15) is 67.4 Å². The number of carboxylic acids is 1. The molecule has 9 heteroatoms. The van der Waals surface area contributed by atoms with Gasteiger partial charge in [0.05, 0.1) is 22.9 Å². The van der Waals surface area contributed by atoms with Gasteiger partial charge in [-0.3, -0.25) is 9.59 Å². The molecule has 5 rings (SSSR count). The van der Waals surface area contributed by atoms with Crippen LogP contribution in [-0.4, -0.2) is 38.5 Å². The summed E-state index contributed by atoms with van der Waals surface area (Å²) >= 11 is 0. The number of imidazole rings is 1. The van der Waals surface area contributed by atoms with Crippen LogP contribution in [0.4, 0.5) is 5.69 Å². The molecule has 0 radical (unpaired) electrons. The van der Waals surface area contributed by atoms with E-state index in [1.807, 2.05) is 12.1 Å². The number of carbonyl (C=O) groups is 3. The Kier molecular flexibility index (Phi) is 8.10. The summed E-state index contributed by atoms with van der Waals surface area (Å²) in [5, 5.41) is 14.5. The molecule has 3 N–H and O–H groups in total. The van der Waals surface area contributed by atoms with E-state index in [1.54, 1.807) is 55.8 Å². The fraction of sp³-hybridized carbons (Fsp3) is 0.290. The van der Waals surface area contributed by atoms with Crippen LogP contribution in [0.25, 0.3) is 28.5 Å². The van der Waals surface area contributed by atoms with Crippen molar-refractivity contribution in [1.82, 2.24) is 14.9 Å². The Hall–Kier alpha value is -4.66. The quantitative estimate of drug-likeness (QED) is 0.222. The summed E-state index contributed by atoms with van der Waals surface area (Å²) in [6.45, 7) is 1.77. The number of aromatic nitrogens is 2. The number of hydrogen-bond acceptors (Lipinski definition) is 5.